The van der Waals surface area contributed by atoms with Crippen LogP contribution in [0.25, 0.3) is 10.2 Å². The quantitative estimate of drug-likeness (QED) is 0.898. The molecule has 0 radical (unpaired) electrons. The molecule has 6 heteroatoms. The molecule has 0 bridgehead atoms. The van der Waals surface area contributed by atoms with Crippen molar-refractivity contribution in [3.05, 3.63) is 12.0 Å². The van der Waals surface area contributed by atoms with Crippen LogP contribution in [0.5, 0.6) is 5.88 Å². The van der Waals surface area contributed by atoms with E-state index in [1.807, 2.05) is 6.92 Å². The Morgan fingerprint density at radius 2 is 2.28 bits per heavy atom. The predicted molar refractivity (Wildman–Crippen MR) is 70.8 cm³/mol. The van der Waals surface area contributed by atoms with E-state index in [1.165, 1.54) is 17.9 Å². The van der Waals surface area contributed by atoms with Gasteiger partial charge in [0, 0.05) is 6.04 Å². The third kappa shape index (κ3) is 2.18. The third-order valence-electron chi connectivity index (χ3n) is 3.35. The van der Waals surface area contributed by atoms with E-state index in [-0.39, 0.29) is 12.1 Å². The van der Waals surface area contributed by atoms with Crippen molar-refractivity contribution >= 4 is 21.7 Å². The molecule has 1 fully saturated rings. The molecule has 96 valence electrons. The molecule has 0 aliphatic heterocycles. The SMILES string of the molecule is Cc1nsc2ncnc(OC3CCCC(N)C3)c12. The summed E-state index contributed by atoms with van der Waals surface area (Å²) in [5, 5.41) is 0.946. The van der Waals surface area contributed by atoms with Gasteiger partial charge in [-0.3, -0.25) is 0 Å². The number of ether oxygens (including phenoxy) is 1. The highest BCUT2D eigenvalue weighted by Crippen LogP contribution is 2.30. The normalized spacial score (nSPS) is 24.3. The minimum atomic E-state index is 0.172. The number of rotatable bonds is 2. The zero-order chi connectivity index (χ0) is 12.5. The van der Waals surface area contributed by atoms with Gasteiger partial charge < -0.3 is 10.5 Å². The fourth-order valence-corrected chi connectivity index (χ4v) is 3.16. The maximum absolute atomic E-state index is 6.01. The van der Waals surface area contributed by atoms with Crippen molar-refractivity contribution in [1.29, 1.82) is 0 Å². The van der Waals surface area contributed by atoms with E-state index < -0.39 is 0 Å². The van der Waals surface area contributed by atoms with E-state index in [9.17, 15) is 0 Å². The van der Waals surface area contributed by atoms with Crippen molar-refractivity contribution in [3.8, 4) is 5.88 Å². The second kappa shape index (κ2) is 4.78. The molecule has 2 heterocycles. The Balaban J connectivity index is 1.88. The molecule has 2 aromatic rings. The number of hydrogen-bond donors (Lipinski definition) is 1. The van der Waals surface area contributed by atoms with E-state index in [2.05, 4.69) is 14.3 Å². The van der Waals surface area contributed by atoms with E-state index in [1.54, 1.807) is 0 Å². The molecule has 2 atom stereocenters. The molecular formula is C12H16N4OS. The van der Waals surface area contributed by atoms with Gasteiger partial charge >= 0.3 is 0 Å². The van der Waals surface area contributed by atoms with Gasteiger partial charge in [-0.15, -0.1) is 0 Å². The van der Waals surface area contributed by atoms with E-state index in [4.69, 9.17) is 10.5 Å². The van der Waals surface area contributed by atoms with E-state index >= 15 is 0 Å². The highest BCUT2D eigenvalue weighted by Gasteiger charge is 2.22. The maximum Gasteiger partial charge on any atom is 0.227 e. The molecule has 18 heavy (non-hydrogen) atoms. The van der Waals surface area contributed by atoms with Crippen molar-refractivity contribution in [2.45, 2.75) is 44.8 Å². The lowest BCUT2D eigenvalue weighted by Gasteiger charge is -2.26. The Morgan fingerprint density at radius 3 is 3.11 bits per heavy atom. The number of nitrogens with two attached hydrogens (primary N) is 1. The van der Waals surface area contributed by atoms with Crippen LogP contribution < -0.4 is 10.5 Å². The van der Waals surface area contributed by atoms with Gasteiger partial charge in [-0.25, -0.2) is 9.97 Å². The first-order valence-corrected chi connectivity index (χ1v) is 7.00. The average molecular weight is 264 g/mol. The lowest BCUT2D eigenvalue weighted by atomic mass is 9.93. The van der Waals surface area contributed by atoms with Crippen molar-refractivity contribution in [1.82, 2.24) is 14.3 Å². The van der Waals surface area contributed by atoms with Crippen LogP contribution in [0.2, 0.25) is 0 Å². The summed E-state index contributed by atoms with van der Waals surface area (Å²) in [6.07, 6.45) is 5.89. The molecule has 1 aliphatic rings. The van der Waals surface area contributed by atoms with Crippen LogP contribution in [-0.2, 0) is 0 Å². The second-order valence-corrected chi connectivity index (χ2v) is 5.55. The summed E-state index contributed by atoms with van der Waals surface area (Å²) in [5.74, 6) is 0.658. The summed E-state index contributed by atoms with van der Waals surface area (Å²) in [6, 6.07) is 0.253. The van der Waals surface area contributed by atoms with E-state index in [0.29, 0.717) is 5.88 Å². The van der Waals surface area contributed by atoms with Gasteiger partial charge in [0.05, 0.1) is 11.1 Å². The van der Waals surface area contributed by atoms with Crippen LogP contribution >= 0.6 is 11.5 Å². The minimum absolute atomic E-state index is 0.172. The lowest BCUT2D eigenvalue weighted by Crippen LogP contribution is -2.33. The predicted octanol–water partition coefficient (Wildman–Crippen LogP) is 2.04. The van der Waals surface area contributed by atoms with Crippen LogP contribution in [0.15, 0.2) is 6.33 Å². The molecule has 5 nitrogen and oxygen atoms in total. The molecule has 0 amide bonds. The fraction of sp³-hybridized carbons (Fsp3) is 0.583. The monoisotopic (exact) mass is 264 g/mol. The van der Waals surface area contributed by atoms with Gasteiger partial charge in [0.25, 0.3) is 0 Å². The zero-order valence-corrected chi connectivity index (χ0v) is 11.1. The molecule has 0 saturated heterocycles. The summed E-state index contributed by atoms with van der Waals surface area (Å²) >= 11 is 1.38. The van der Waals surface area contributed by atoms with Gasteiger partial charge in [-0.05, 0) is 44.1 Å². The molecule has 0 aromatic carbocycles. The first-order chi connectivity index (χ1) is 8.74. The fourth-order valence-electron chi connectivity index (χ4n) is 2.43. The number of aryl methyl sites for hydroxylation is 1. The molecule has 2 N–H and O–H groups in total. The lowest BCUT2D eigenvalue weighted by molar-refractivity contribution is 0.140. The molecule has 3 rings (SSSR count). The van der Waals surface area contributed by atoms with Crippen molar-refractivity contribution in [2.75, 3.05) is 0 Å². The summed E-state index contributed by atoms with van der Waals surface area (Å²) < 4.78 is 10.3. The van der Waals surface area contributed by atoms with Crippen LogP contribution in [0.3, 0.4) is 0 Å². The highest BCUT2D eigenvalue weighted by molar-refractivity contribution is 7.13. The summed E-state index contributed by atoms with van der Waals surface area (Å²) in [6.45, 7) is 1.96. The molecular weight excluding hydrogens is 248 g/mol. The zero-order valence-electron chi connectivity index (χ0n) is 10.3. The Hall–Kier alpha value is -1.27. The number of nitrogens with zero attached hydrogens (tertiary/aromatic N) is 3. The Labute approximate surface area is 110 Å². The molecule has 2 aromatic heterocycles. The van der Waals surface area contributed by atoms with Crippen molar-refractivity contribution < 1.29 is 4.74 Å². The van der Waals surface area contributed by atoms with Gasteiger partial charge in [-0.1, -0.05) is 0 Å². The average Bonchev–Trinajstić information content (AvgIpc) is 2.72. The summed E-state index contributed by atoms with van der Waals surface area (Å²) in [5.41, 5.74) is 6.91. The van der Waals surface area contributed by atoms with Gasteiger partial charge in [-0.2, -0.15) is 4.37 Å². The molecule has 2 unspecified atom stereocenters. The van der Waals surface area contributed by atoms with Gasteiger partial charge in [0.2, 0.25) is 5.88 Å². The van der Waals surface area contributed by atoms with Crippen LogP contribution in [-0.4, -0.2) is 26.5 Å². The largest absolute Gasteiger partial charge is 0.474 e. The smallest absolute Gasteiger partial charge is 0.227 e. The molecule has 1 aliphatic carbocycles. The Morgan fingerprint density at radius 1 is 1.39 bits per heavy atom. The first-order valence-electron chi connectivity index (χ1n) is 6.23. The van der Waals surface area contributed by atoms with Gasteiger partial charge in [0.1, 0.15) is 12.4 Å². The summed E-state index contributed by atoms with van der Waals surface area (Å²) in [7, 11) is 0. The third-order valence-corrected chi connectivity index (χ3v) is 4.20. The Kier molecular flexibility index (Phi) is 3.13. The first kappa shape index (κ1) is 11.8. The maximum atomic E-state index is 6.01. The van der Waals surface area contributed by atoms with Crippen molar-refractivity contribution in [3.63, 3.8) is 0 Å². The van der Waals surface area contributed by atoms with E-state index in [0.717, 1.165) is 41.6 Å². The highest BCUT2D eigenvalue weighted by atomic mass is 32.1. The second-order valence-electron chi connectivity index (χ2n) is 4.79. The topological polar surface area (TPSA) is 73.9 Å². The standard InChI is InChI=1S/C12H16N4OS/c1-7-10-11(14-6-15-12(10)18-16-7)17-9-4-2-3-8(13)5-9/h6,8-9H,2-5,13H2,1H3. The van der Waals surface area contributed by atoms with Crippen molar-refractivity contribution in [2.24, 2.45) is 5.73 Å². The number of fused-ring (bicyclic) bond motifs is 1. The van der Waals surface area contributed by atoms with Crippen LogP contribution in [0.4, 0.5) is 0 Å². The van der Waals surface area contributed by atoms with Crippen LogP contribution in [0, 0.1) is 6.92 Å². The van der Waals surface area contributed by atoms with Gasteiger partial charge in [0.15, 0.2) is 4.83 Å². The molecule has 0 spiro atoms. The minimum Gasteiger partial charge on any atom is -0.474 e. The Bertz CT molecular complexity index is 556. The number of hydrogen-bond acceptors (Lipinski definition) is 6. The molecule has 1 saturated carbocycles. The summed E-state index contributed by atoms with van der Waals surface area (Å²) in [4.78, 5) is 9.35. The van der Waals surface area contributed by atoms with Crippen LogP contribution in [0.1, 0.15) is 31.4 Å². The number of aromatic nitrogens is 3.